The Kier molecular flexibility index (Phi) is 13.3. The summed E-state index contributed by atoms with van der Waals surface area (Å²) in [4.78, 5) is 73.4. The van der Waals surface area contributed by atoms with Crippen LogP contribution < -0.4 is 11.1 Å². The molecule has 2 aromatic rings. The van der Waals surface area contributed by atoms with Crippen LogP contribution in [0.3, 0.4) is 0 Å². The van der Waals surface area contributed by atoms with Crippen LogP contribution in [0.4, 0.5) is 11.4 Å². The number of aromatic amines is 1. The van der Waals surface area contributed by atoms with Crippen molar-refractivity contribution in [1.29, 1.82) is 0 Å². The molecule has 2 rings (SSSR count). The van der Waals surface area contributed by atoms with Crippen LogP contribution in [0, 0.1) is 34.1 Å². The fraction of sp³-hybridized carbons (Fsp3) is 0.545. The topological polar surface area (TPSA) is 220 Å². The Morgan fingerprint density at radius 3 is 1.77 bits per heavy atom. The van der Waals surface area contributed by atoms with Gasteiger partial charge in [-0.3, -0.25) is 44.0 Å². The summed E-state index contributed by atoms with van der Waals surface area (Å²) < 4.78 is 10.9. The molecule has 2 aromatic heterocycles. The molecule has 0 aromatic carbocycles. The highest BCUT2D eigenvalue weighted by Crippen LogP contribution is 2.09. The molecule has 0 aliphatic carbocycles. The van der Waals surface area contributed by atoms with E-state index in [1.165, 1.54) is 6.92 Å². The molecule has 0 spiro atoms. The zero-order valence-electron chi connectivity index (χ0n) is 22.8. The number of nitrogens with one attached hydrogen (secondary N) is 1. The maximum absolute atomic E-state index is 11.8. The van der Waals surface area contributed by atoms with Crippen molar-refractivity contribution >= 4 is 39.2 Å². The van der Waals surface area contributed by atoms with Gasteiger partial charge in [0, 0.05) is 0 Å². The zero-order valence-corrected chi connectivity index (χ0v) is 24.4. The second-order valence-electron chi connectivity index (χ2n) is 9.59. The van der Waals surface area contributed by atoms with Gasteiger partial charge in [-0.1, -0.05) is 15.9 Å². The summed E-state index contributed by atoms with van der Waals surface area (Å²) in [5.74, 6) is -0.301. The van der Waals surface area contributed by atoms with Crippen molar-refractivity contribution in [3.05, 3.63) is 65.0 Å². The van der Waals surface area contributed by atoms with E-state index in [-0.39, 0.29) is 22.7 Å². The molecule has 17 heteroatoms. The molecule has 0 unspecified atom stereocenters. The van der Waals surface area contributed by atoms with Gasteiger partial charge in [0.05, 0.1) is 9.85 Å². The highest BCUT2D eigenvalue weighted by atomic mass is 79.9. The smallest absolute Gasteiger partial charge is 0.352 e. The first-order valence-corrected chi connectivity index (χ1v) is 12.2. The Morgan fingerprint density at radius 1 is 0.923 bits per heavy atom. The lowest BCUT2D eigenvalue weighted by atomic mass is 10.2. The van der Waals surface area contributed by atoms with E-state index in [2.05, 4.69) is 30.9 Å². The first-order valence-electron chi connectivity index (χ1n) is 11.1. The number of nitrogens with zero attached hydrogens (tertiary/aromatic N) is 5. The van der Waals surface area contributed by atoms with Crippen LogP contribution in [0.1, 0.15) is 53.2 Å². The van der Waals surface area contributed by atoms with Crippen molar-refractivity contribution in [2.75, 3.05) is 5.33 Å². The van der Waals surface area contributed by atoms with E-state index in [4.69, 9.17) is 9.47 Å². The molecule has 1 N–H and O–H groups in total. The van der Waals surface area contributed by atoms with Gasteiger partial charge in [0.2, 0.25) is 0 Å². The Morgan fingerprint density at radius 2 is 1.38 bits per heavy atom. The third-order valence-electron chi connectivity index (χ3n) is 3.77. The molecule has 0 radical (unpaired) electrons. The number of ether oxygens (including phenoxy) is 2. The first-order chi connectivity index (χ1) is 17.7. The van der Waals surface area contributed by atoms with Crippen molar-refractivity contribution < 1.29 is 28.9 Å². The van der Waals surface area contributed by atoms with Crippen LogP contribution in [0.2, 0.25) is 0 Å². The average molecular weight is 619 g/mol. The van der Waals surface area contributed by atoms with E-state index in [1.54, 1.807) is 27.7 Å². The number of rotatable bonds is 5. The summed E-state index contributed by atoms with van der Waals surface area (Å²) in [6.07, 6.45) is 1.82. The summed E-state index contributed by atoms with van der Waals surface area (Å²) in [5, 5.41) is 21.0. The van der Waals surface area contributed by atoms with Gasteiger partial charge in [0.25, 0.3) is 0 Å². The number of hydrogen-bond acceptors (Lipinski definition) is 12. The second-order valence-corrected chi connectivity index (χ2v) is 10.1. The third kappa shape index (κ3) is 13.9. The van der Waals surface area contributed by atoms with E-state index in [0.29, 0.717) is 5.82 Å². The molecule has 16 nitrogen and oxygen atoms in total. The maximum Gasteiger partial charge on any atom is 0.352 e. The van der Waals surface area contributed by atoms with Gasteiger partial charge in [-0.2, -0.15) is 0 Å². The van der Waals surface area contributed by atoms with Crippen LogP contribution in [-0.4, -0.2) is 57.8 Å². The van der Waals surface area contributed by atoms with Gasteiger partial charge < -0.3 is 14.5 Å². The lowest BCUT2D eigenvalue weighted by Crippen LogP contribution is -2.32. The summed E-state index contributed by atoms with van der Waals surface area (Å²) in [7, 11) is 0. The Hall–Kier alpha value is -4.02. The molecular weight excluding hydrogens is 588 g/mol. The summed E-state index contributed by atoms with van der Waals surface area (Å²) >= 11 is 2.99. The number of H-pyrrole nitrogens is 1. The number of halogens is 1. The quantitative estimate of drug-likeness (QED) is 0.221. The van der Waals surface area contributed by atoms with E-state index >= 15 is 0 Å². The maximum atomic E-state index is 11.8. The minimum atomic E-state index is -0.872. The standard InChI is InChI=1S/C11H15N3O5.C6H11BrO2.C5H5N3O3/c1-7-12-5-8(14(17)18)10(16)13(7)6-9(15)19-11(2,3)4;1-6(2,3)9-5(8)4-7;1-3-6-2-4(8(10)11)5(9)7-3/h5H,6H2,1-4H3;4H2,1-3H3;2H,1H3,(H,6,7,9). The molecule has 0 bridgehead atoms. The summed E-state index contributed by atoms with van der Waals surface area (Å²) in [5.41, 5.74) is -3.84. The van der Waals surface area contributed by atoms with Crippen LogP contribution in [-0.2, 0) is 25.6 Å². The molecule has 0 aliphatic heterocycles. The Balaban J connectivity index is 0.000000612. The number of alkyl halides is 1. The van der Waals surface area contributed by atoms with Gasteiger partial charge in [0.15, 0.2) is 0 Å². The molecule has 39 heavy (non-hydrogen) atoms. The van der Waals surface area contributed by atoms with Gasteiger partial charge in [-0.05, 0) is 55.4 Å². The normalized spacial score (nSPS) is 10.7. The van der Waals surface area contributed by atoms with Crippen molar-refractivity contribution in [2.45, 2.75) is 73.1 Å². The number of aromatic nitrogens is 4. The summed E-state index contributed by atoms with van der Waals surface area (Å²) in [6.45, 7) is 13.2. The van der Waals surface area contributed by atoms with Crippen LogP contribution >= 0.6 is 15.9 Å². The van der Waals surface area contributed by atoms with Gasteiger partial charge in [0.1, 0.15) is 47.1 Å². The van der Waals surface area contributed by atoms with Gasteiger partial charge >= 0.3 is 34.4 Å². The molecule has 216 valence electrons. The number of carbonyl (C=O) groups excluding carboxylic acids is 2. The number of carbonyl (C=O) groups is 2. The van der Waals surface area contributed by atoms with E-state index in [9.17, 15) is 39.4 Å². The molecule has 0 aliphatic rings. The second kappa shape index (κ2) is 14.8. The van der Waals surface area contributed by atoms with Crippen LogP contribution in [0.5, 0.6) is 0 Å². The zero-order chi connectivity index (χ0) is 30.7. The largest absolute Gasteiger partial charge is 0.459 e. The van der Waals surface area contributed by atoms with Gasteiger partial charge in [-0.15, -0.1) is 0 Å². The van der Waals surface area contributed by atoms with E-state index in [0.717, 1.165) is 17.0 Å². The molecule has 0 saturated heterocycles. The monoisotopic (exact) mass is 618 g/mol. The number of hydrogen-bond donors (Lipinski definition) is 1. The van der Waals surface area contributed by atoms with E-state index in [1.807, 2.05) is 20.8 Å². The molecular formula is C22H31BrN6O10. The van der Waals surface area contributed by atoms with Crippen molar-refractivity contribution in [3.63, 3.8) is 0 Å². The lowest BCUT2D eigenvalue weighted by molar-refractivity contribution is -0.386. The average Bonchev–Trinajstić information content (AvgIpc) is 2.74. The molecule has 2 heterocycles. The SMILES string of the molecule is CC(C)(C)OC(=O)CBr.Cc1ncc([N+](=O)[O-])c(=O)[nH]1.Cc1ncc([N+](=O)[O-])c(=O)n1CC(=O)OC(C)(C)C. The number of esters is 2. The van der Waals surface area contributed by atoms with Crippen molar-refractivity contribution in [3.8, 4) is 0 Å². The highest BCUT2D eigenvalue weighted by Gasteiger charge is 2.22. The molecule has 0 atom stereocenters. The minimum Gasteiger partial charge on any atom is -0.459 e. The predicted molar refractivity (Wildman–Crippen MR) is 142 cm³/mol. The predicted octanol–water partition coefficient (Wildman–Crippen LogP) is 2.51. The third-order valence-corrected chi connectivity index (χ3v) is 4.22. The Labute approximate surface area is 231 Å². The number of aryl methyl sites for hydroxylation is 2. The van der Waals surface area contributed by atoms with Crippen molar-refractivity contribution in [2.24, 2.45) is 0 Å². The Bertz CT molecular complexity index is 1310. The minimum absolute atomic E-state index is 0.210. The molecule has 0 fully saturated rings. The van der Waals surface area contributed by atoms with Crippen LogP contribution in [0.15, 0.2) is 22.0 Å². The molecule has 0 amide bonds. The lowest BCUT2D eigenvalue weighted by Gasteiger charge is -2.20. The number of nitro groups is 2. The fourth-order valence-electron chi connectivity index (χ4n) is 2.36. The van der Waals surface area contributed by atoms with E-state index < -0.39 is 50.5 Å². The van der Waals surface area contributed by atoms with Gasteiger partial charge in [-0.25, -0.2) is 9.97 Å². The molecule has 0 saturated carbocycles. The fourth-order valence-corrected chi connectivity index (χ4v) is 2.47. The summed E-state index contributed by atoms with van der Waals surface area (Å²) in [6, 6.07) is 0. The van der Waals surface area contributed by atoms with Crippen molar-refractivity contribution in [1.82, 2.24) is 19.5 Å². The van der Waals surface area contributed by atoms with Crippen LogP contribution in [0.25, 0.3) is 0 Å². The first kappa shape index (κ1) is 35.0. The highest BCUT2D eigenvalue weighted by molar-refractivity contribution is 9.09.